The maximum absolute atomic E-state index is 6.26. The molecule has 1 aromatic heterocycles. The van der Waals surface area contributed by atoms with Crippen molar-refractivity contribution in [2.45, 2.75) is 39.7 Å². The molecule has 5 heteroatoms. The highest BCUT2D eigenvalue weighted by Gasteiger charge is 2.10. The molecule has 1 heterocycles. The molecule has 2 aromatic carbocycles. The zero-order chi connectivity index (χ0) is 22.2. The molecule has 1 unspecified atom stereocenters. The van der Waals surface area contributed by atoms with Gasteiger partial charge in [0.15, 0.2) is 0 Å². The van der Waals surface area contributed by atoms with Crippen LogP contribution in [0.2, 0.25) is 5.02 Å². The normalized spacial score (nSPS) is 12.7. The van der Waals surface area contributed by atoms with Gasteiger partial charge in [-0.1, -0.05) is 59.6 Å². The van der Waals surface area contributed by atoms with Crippen molar-refractivity contribution in [3.63, 3.8) is 0 Å². The van der Waals surface area contributed by atoms with Gasteiger partial charge in [0.2, 0.25) is 0 Å². The molecular weight excluding hydrogens is 470 g/mol. The highest BCUT2D eigenvalue weighted by Crippen LogP contribution is 2.28. The number of hydrogen-bond acceptors (Lipinski definition) is 3. The molecule has 0 fully saturated rings. The minimum absolute atomic E-state index is 0.374. The molecule has 31 heavy (non-hydrogen) atoms. The lowest BCUT2D eigenvalue weighted by atomic mass is 10.1. The summed E-state index contributed by atoms with van der Waals surface area (Å²) in [4.78, 5) is 7.29. The summed E-state index contributed by atoms with van der Waals surface area (Å²) in [5.41, 5.74) is 4.04. The molecule has 0 saturated carbocycles. The van der Waals surface area contributed by atoms with Gasteiger partial charge < -0.3 is 10.2 Å². The van der Waals surface area contributed by atoms with E-state index < -0.39 is 0 Å². The molecular formula is C26H31BrClN3. The molecule has 0 bridgehead atoms. The zero-order valence-corrected chi connectivity index (χ0v) is 20.9. The van der Waals surface area contributed by atoms with E-state index in [1.165, 1.54) is 6.42 Å². The van der Waals surface area contributed by atoms with Crippen LogP contribution >= 0.6 is 27.5 Å². The monoisotopic (exact) mass is 499 g/mol. The number of anilines is 1. The number of fused-ring (bicyclic) bond motifs is 1. The summed E-state index contributed by atoms with van der Waals surface area (Å²) >= 11 is 9.79. The zero-order valence-electron chi connectivity index (χ0n) is 18.5. The summed E-state index contributed by atoms with van der Waals surface area (Å²) in [5, 5.41) is 5.52. The van der Waals surface area contributed by atoms with Gasteiger partial charge in [0.1, 0.15) is 0 Å². The van der Waals surface area contributed by atoms with Gasteiger partial charge in [-0.05, 0) is 87.4 Å². The van der Waals surface area contributed by atoms with Gasteiger partial charge in [-0.15, -0.1) is 0 Å². The van der Waals surface area contributed by atoms with E-state index >= 15 is 0 Å². The maximum atomic E-state index is 6.26. The molecule has 0 spiro atoms. The fourth-order valence-electron chi connectivity index (χ4n) is 3.72. The van der Waals surface area contributed by atoms with Crippen molar-refractivity contribution < 1.29 is 0 Å². The van der Waals surface area contributed by atoms with Gasteiger partial charge in [0.05, 0.1) is 11.2 Å². The molecule has 0 amide bonds. The SMILES string of the molecule is CCN(CC)CCCC(C)Nc1cc(/C=C/c2cccc(Br)c2)nc2cc(Cl)ccc12. The van der Waals surface area contributed by atoms with Gasteiger partial charge in [0, 0.05) is 26.6 Å². The second kappa shape index (κ2) is 11.7. The van der Waals surface area contributed by atoms with Crippen molar-refractivity contribution >= 4 is 56.3 Å². The van der Waals surface area contributed by atoms with Crippen molar-refractivity contribution in [1.82, 2.24) is 9.88 Å². The Morgan fingerprint density at radius 3 is 2.65 bits per heavy atom. The van der Waals surface area contributed by atoms with Crippen molar-refractivity contribution in [2.24, 2.45) is 0 Å². The Bertz CT molecular complexity index is 1030. The number of rotatable bonds is 10. The molecule has 3 aromatic rings. The fourth-order valence-corrected chi connectivity index (χ4v) is 4.30. The third-order valence-corrected chi connectivity index (χ3v) is 6.22. The van der Waals surface area contributed by atoms with E-state index in [0.29, 0.717) is 11.1 Å². The Morgan fingerprint density at radius 1 is 1.10 bits per heavy atom. The van der Waals surface area contributed by atoms with Crippen molar-refractivity contribution in [1.29, 1.82) is 0 Å². The molecule has 0 aliphatic heterocycles. The van der Waals surface area contributed by atoms with E-state index in [4.69, 9.17) is 16.6 Å². The first-order chi connectivity index (χ1) is 15.0. The molecule has 0 aliphatic rings. The van der Waals surface area contributed by atoms with Crippen LogP contribution in [0.15, 0.2) is 53.0 Å². The quantitative estimate of drug-likeness (QED) is 0.308. The molecule has 1 N–H and O–H groups in total. The number of benzene rings is 2. The van der Waals surface area contributed by atoms with E-state index in [1.807, 2.05) is 24.3 Å². The maximum Gasteiger partial charge on any atom is 0.0744 e. The molecule has 3 nitrogen and oxygen atoms in total. The van der Waals surface area contributed by atoms with Crippen LogP contribution in [-0.2, 0) is 0 Å². The Balaban J connectivity index is 1.80. The van der Waals surface area contributed by atoms with Crippen LogP contribution in [-0.4, -0.2) is 35.6 Å². The minimum Gasteiger partial charge on any atom is -0.382 e. The topological polar surface area (TPSA) is 28.2 Å². The van der Waals surface area contributed by atoms with Crippen molar-refractivity contribution in [2.75, 3.05) is 25.0 Å². The van der Waals surface area contributed by atoms with Gasteiger partial charge >= 0.3 is 0 Å². The summed E-state index contributed by atoms with van der Waals surface area (Å²) in [5.74, 6) is 0. The van der Waals surface area contributed by atoms with Crippen LogP contribution in [0.3, 0.4) is 0 Å². The summed E-state index contributed by atoms with van der Waals surface area (Å²) in [7, 11) is 0. The van der Waals surface area contributed by atoms with Crippen LogP contribution in [0.5, 0.6) is 0 Å². The third kappa shape index (κ3) is 7.06. The summed E-state index contributed by atoms with van der Waals surface area (Å²) in [6, 6.07) is 16.6. The van der Waals surface area contributed by atoms with Gasteiger partial charge in [0.25, 0.3) is 0 Å². The highest BCUT2D eigenvalue weighted by molar-refractivity contribution is 9.10. The second-order valence-corrected chi connectivity index (χ2v) is 9.21. The number of nitrogens with zero attached hydrogens (tertiary/aromatic N) is 2. The lowest BCUT2D eigenvalue weighted by molar-refractivity contribution is 0.295. The number of nitrogens with one attached hydrogen (secondary N) is 1. The van der Waals surface area contributed by atoms with Gasteiger partial charge in [-0.25, -0.2) is 4.98 Å². The van der Waals surface area contributed by atoms with E-state index in [1.54, 1.807) is 0 Å². The van der Waals surface area contributed by atoms with E-state index in [0.717, 1.165) is 58.4 Å². The molecule has 1 atom stereocenters. The van der Waals surface area contributed by atoms with Crippen LogP contribution in [0.4, 0.5) is 5.69 Å². The third-order valence-electron chi connectivity index (χ3n) is 5.49. The van der Waals surface area contributed by atoms with Gasteiger partial charge in [-0.3, -0.25) is 0 Å². The lowest BCUT2D eigenvalue weighted by Crippen LogP contribution is -2.25. The van der Waals surface area contributed by atoms with Crippen molar-refractivity contribution in [3.8, 4) is 0 Å². The first-order valence-corrected chi connectivity index (χ1v) is 12.2. The second-order valence-electron chi connectivity index (χ2n) is 7.86. The summed E-state index contributed by atoms with van der Waals surface area (Å²) < 4.78 is 1.06. The molecule has 0 aliphatic carbocycles. The lowest BCUT2D eigenvalue weighted by Gasteiger charge is -2.21. The standard InChI is InChI=1S/C26H31BrClN3/c1-4-31(5-2)15-7-8-19(3)29-26-18-23(13-11-20-9-6-10-21(27)16-20)30-25-17-22(28)12-14-24(25)26/h6,9-14,16-19H,4-5,7-8,15H2,1-3H3,(H,29,30)/b13-11+. The van der Waals surface area contributed by atoms with Crippen molar-refractivity contribution in [3.05, 3.63) is 69.3 Å². The predicted molar refractivity (Wildman–Crippen MR) is 140 cm³/mol. The number of aromatic nitrogens is 1. The van der Waals surface area contributed by atoms with Crippen LogP contribution in [0.25, 0.3) is 23.1 Å². The number of pyridine rings is 1. The molecule has 3 rings (SSSR count). The van der Waals surface area contributed by atoms with Crippen LogP contribution in [0.1, 0.15) is 44.9 Å². The molecule has 0 radical (unpaired) electrons. The van der Waals surface area contributed by atoms with Crippen LogP contribution in [0, 0.1) is 0 Å². The smallest absolute Gasteiger partial charge is 0.0744 e. The average molecular weight is 501 g/mol. The predicted octanol–water partition coefficient (Wildman–Crippen LogP) is 7.74. The number of hydrogen-bond donors (Lipinski definition) is 1. The fraction of sp³-hybridized carbons (Fsp3) is 0.346. The van der Waals surface area contributed by atoms with Gasteiger partial charge in [-0.2, -0.15) is 0 Å². The summed E-state index contributed by atoms with van der Waals surface area (Å²) in [6.07, 6.45) is 6.44. The molecule has 164 valence electrons. The van der Waals surface area contributed by atoms with E-state index in [9.17, 15) is 0 Å². The average Bonchev–Trinajstić information content (AvgIpc) is 2.75. The summed E-state index contributed by atoms with van der Waals surface area (Å²) in [6.45, 7) is 10.1. The number of halogens is 2. The Hall–Kier alpha value is -1.88. The Morgan fingerprint density at radius 2 is 1.90 bits per heavy atom. The largest absolute Gasteiger partial charge is 0.382 e. The van der Waals surface area contributed by atoms with Crippen LogP contribution < -0.4 is 5.32 Å². The molecule has 0 saturated heterocycles. The first kappa shape index (κ1) is 23.8. The Labute approximate surface area is 199 Å². The van der Waals surface area contributed by atoms with E-state index in [-0.39, 0.29) is 0 Å². The van der Waals surface area contributed by atoms with E-state index in [2.05, 4.69) is 83.3 Å². The minimum atomic E-state index is 0.374. The Kier molecular flexibility index (Phi) is 8.94. The highest BCUT2D eigenvalue weighted by atomic mass is 79.9. The first-order valence-electron chi connectivity index (χ1n) is 11.0.